The Hall–Kier alpha value is -2.38. The van der Waals surface area contributed by atoms with Gasteiger partial charge in [-0.25, -0.2) is 4.39 Å². The minimum atomic E-state index is -0.342. The van der Waals surface area contributed by atoms with Crippen LogP contribution in [0.15, 0.2) is 45.3 Å². The number of nitrogens with one attached hydrogen (secondary N) is 1. The molecule has 4 rings (SSSR count). The first kappa shape index (κ1) is 20.9. The molecule has 5 nitrogen and oxygen atoms in total. The van der Waals surface area contributed by atoms with E-state index < -0.39 is 0 Å². The molecule has 1 fully saturated rings. The molecule has 3 aromatic rings. The number of piperidine rings is 1. The lowest BCUT2D eigenvalue weighted by Gasteiger charge is -2.32. The van der Waals surface area contributed by atoms with Gasteiger partial charge in [0.2, 0.25) is 0 Å². The van der Waals surface area contributed by atoms with Crippen LogP contribution in [-0.2, 0) is 6.54 Å². The van der Waals surface area contributed by atoms with Crippen molar-refractivity contribution >= 4 is 32.8 Å². The molecule has 0 spiro atoms. The molecule has 0 saturated carbocycles. The molecule has 1 aliphatic heterocycles. The van der Waals surface area contributed by atoms with Gasteiger partial charge in [0.1, 0.15) is 5.58 Å². The van der Waals surface area contributed by atoms with Crippen LogP contribution in [-0.4, -0.2) is 37.0 Å². The van der Waals surface area contributed by atoms with Gasteiger partial charge in [-0.15, -0.1) is 0 Å². The Kier molecular flexibility index (Phi) is 6.11. The molecule has 7 heteroatoms. The number of benzene rings is 2. The minimum absolute atomic E-state index is 0.0979. The van der Waals surface area contributed by atoms with Crippen molar-refractivity contribution < 1.29 is 18.3 Å². The van der Waals surface area contributed by atoms with Gasteiger partial charge in [0.25, 0.3) is 5.91 Å². The zero-order chi connectivity index (χ0) is 21.3. The molecular formula is C23H24BrFN2O3. The summed E-state index contributed by atoms with van der Waals surface area (Å²) < 4.78 is 25.6. The number of carbonyl (C=O) groups excluding carboxylic acids is 1. The van der Waals surface area contributed by atoms with Crippen molar-refractivity contribution in [2.24, 2.45) is 0 Å². The van der Waals surface area contributed by atoms with E-state index in [1.807, 2.05) is 31.2 Å². The van der Waals surface area contributed by atoms with Crippen LogP contribution in [0.4, 0.5) is 4.39 Å². The van der Waals surface area contributed by atoms with Crippen LogP contribution in [0, 0.1) is 12.7 Å². The summed E-state index contributed by atoms with van der Waals surface area (Å²) in [7, 11) is 1.46. The lowest BCUT2D eigenvalue weighted by Crippen LogP contribution is -2.44. The standard InChI is InChI=1S/C23H24BrFN2O3/c1-14-18-12-16(24)4-6-20(18)30-22(14)23(28)26-17-7-9-27(10-8-17)13-15-3-5-21(29-2)19(25)11-15/h3-6,11-12,17H,7-10,13H2,1-2H3,(H,26,28). The second-order valence-corrected chi connectivity index (χ2v) is 8.61. The molecule has 30 heavy (non-hydrogen) atoms. The third-order valence-electron chi connectivity index (χ3n) is 5.65. The Morgan fingerprint density at radius 1 is 1.27 bits per heavy atom. The van der Waals surface area contributed by atoms with Crippen molar-refractivity contribution in [3.63, 3.8) is 0 Å². The molecule has 2 aromatic carbocycles. The van der Waals surface area contributed by atoms with Crippen LogP contribution in [0.2, 0.25) is 0 Å². The van der Waals surface area contributed by atoms with E-state index in [0.29, 0.717) is 17.9 Å². The van der Waals surface area contributed by atoms with Crippen LogP contribution in [0.3, 0.4) is 0 Å². The molecule has 0 radical (unpaired) electrons. The van der Waals surface area contributed by atoms with E-state index in [4.69, 9.17) is 9.15 Å². The number of hydrogen-bond donors (Lipinski definition) is 1. The van der Waals surface area contributed by atoms with Gasteiger partial charge in [0, 0.05) is 41.1 Å². The van der Waals surface area contributed by atoms with Gasteiger partial charge in [0.15, 0.2) is 17.3 Å². The Labute approximate surface area is 183 Å². The summed E-state index contributed by atoms with van der Waals surface area (Å²) in [5.41, 5.74) is 2.48. The van der Waals surface area contributed by atoms with Crippen LogP contribution in [0.25, 0.3) is 11.0 Å². The highest BCUT2D eigenvalue weighted by Gasteiger charge is 2.24. The number of fused-ring (bicyclic) bond motifs is 1. The summed E-state index contributed by atoms with van der Waals surface area (Å²) in [5.74, 6) is 0.119. The van der Waals surface area contributed by atoms with E-state index >= 15 is 0 Å². The van der Waals surface area contributed by atoms with Crippen molar-refractivity contribution in [1.82, 2.24) is 10.2 Å². The smallest absolute Gasteiger partial charge is 0.287 e. The van der Waals surface area contributed by atoms with Crippen molar-refractivity contribution in [1.29, 1.82) is 0 Å². The predicted octanol–water partition coefficient (Wildman–Crippen LogP) is 5.05. The van der Waals surface area contributed by atoms with Gasteiger partial charge in [-0.05, 0) is 55.7 Å². The Bertz CT molecular complexity index is 1070. The van der Waals surface area contributed by atoms with Crippen molar-refractivity contribution in [3.05, 3.63) is 63.6 Å². The van der Waals surface area contributed by atoms with Gasteiger partial charge in [-0.3, -0.25) is 9.69 Å². The molecular weight excluding hydrogens is 451 g/mol. The fourth-order valence-corrected chi connectivity index (χ4v) is 4.32. The molecule has 1 N–H and O–H groups in total. The average Bonchev–Trinajstić information content (AvgIpc) is 3.06. The Balaban J connectivity index is 1.34. The number of nitrogens with zero attached hydrogens (tertiary/aromatic N) is 1. The van der Waals surface area contributed by atoms with Gasteiger partial charge in [-0.2, -0.15) is 0 Å². The number of halogens is 2. The second-order valence-electron chi connectivity index (χ2n) is 7.69. The number of furan rings is 1. The Morgan fingerprint density at radius 3 is 2.73 bits per heavy atom. The van der Waals surface area contributed by atoms with Crippen molar-refractivity contribution in [3.8, 4) is 5.75 Å². The summed E-state index contributed by atoms with van der Waals surface area (Å²) >= 11 is 3.46. The first-order valence-corrected chi connectivity index (χ1v) is 10.8. The molecule has 1 saturated heterocycles. The summed E-state index contributed by atoms with van der Waals surface area (Å²) in [4.78, 5) is 15.0. The number of likely N-dealkylation sites (tertiary alicyclic amines) is 1. The number of amides is 1. The van der Waals surface area contributed by atoms with Crippen LogP contribution >= 0.6 is 15.9 Å². The molecule has 1 amide bonds. The fourth-order valence-electron chi connectivity index (χ4n) is 3.96. The van der Waals surface area contributed by atoms with E-state index in [1.165, 1.54) is 13.2 Å². The Morgan fingerprint density at radius 2 is 2.03 bits per heavy atom. The molecule has 2 heterocycles. The van der Waals surface area contributed by atoms with E-state index in [-0.39, 0.29) is 23.5 Å². The number of ether oxygens (including phenoxy) is 1. The number of carbonyl (C=O) groups is 1. The fraction of sp³-hybridized carbons (Fsp3) is 0.348. The summed E-state index contributed by atoms with van der Waals surface area (Å²) in [6.45, 7) is 4.26. The van der Waals surface area contributed by atoms with Gasteiger partial charge in [0.05, 0.1) is 7.11 Å². The van der Waals surface area contributed by atoms with Crippen molar-refractivity contribution in [2.75, 3.05) is 20.2 Å². The zero-order valence-electron chi connectivity index (χ0n) is 17.0. The van der Waals surface area contributed by atoms with E-state index in [2.05, 4.69) is 26.1 Å². The van der Waals surface area contributed by atoms with Gasteiger partial charge >= 0.3 is 0 Å². The summed E-state index contributed by atoms with van der Waals surface area (Å²) in [5, 5.41) is 4.05. The molecule has 0 bridgehead atoms. The van der Waals surface area contributed by atoms with E-state index in [0.717, 1.165) is 46.9 Å². The molecule has 1 aromatic heterocycles. The molecule has 158 valence electrons. The van der Waals surface area contributed by atoms with E-state index in [1.54, 1.807) is 6.07 Å². The molecule has 1 aliphatic rings. The maximum absolute atomic E-state index is 13.9. The monoisotopic (exact) mass is 474 g/mol. The summed E-state index contributed by atoms with van der Waals surface area (Å²) in [6, 6.07) is 10.9. The highest BCUT2D eigenvalue weighted by Crippen LogP contribution is 2.28. The van der Waals surface area contributed by atoms with Crippen LogP contribution in [0.5, 0.6) is 5.75 Å². The van der Waals surface area contributed by atoms with Gasteiger partial charge < -0.3 is 14.5 Å². The molecule has 0 aliphatic carbocycles. The first-order chi connectivity index (χ1) is 14.4. The lowest BCUT2D eigenvalue weighted by atomic mass is 10.0. The lowest BCUT2D eigenvalue weighted by molar-refractivity contribution is 0.0882. The average molecular weight is 475 g/mol. The third kappa shape index (κ3) is 4.37. The highest BCUT2D eigenvalue weighted by molar-refractivity contribution is 9.10. The van der Waals surface area contributed by atoms with Gasteiger partial charge in [-0.1, -0.05) is 22.0 Å². The maximum Gasteiger partial charge on any atom is 0.287 e. The SMILES string of the molecule is COc1ccc(CN2CCC(NC(=O)c3oc4ccc(Br)cc4c3C)CC2)cc1F. The third-order valence-corrected chi connectivity index (χ3v) is 6.14. The van der Waals surface area contributed by atoms with Crippen molar-refractivity contribution in [2.45, 2.75) is 32.4 Å². The zero-order valence-corrected chi connectivity index (χ0v) is 18.6. The number of methoxy groups -OCH3 is 1. The largest absolute Gasteiger partial charge is 0.494 e. The second kappa shape index (κ2) is 8.78. The number of rotatable bonds is 5. The normalized spacial score (nSPS) is 15.5. The maximum atomic E-state index is 13.9. The first-order valence-electron chi connectivity index (χ1n) is 9.99. The predicted molar refractivity (Wildman–Crippen MR) is 117 cm³/mol. The van der Waals surface area contributed by atoms with E-state index in [9.17, 15) is 9.18 Å². The van der Waals surface area contributed by atoms with Crippen LogP contribution in [0.1, 0.15) is 34.5 Å². The minimum Gasteiger partial charge on any atom is -0.494 e. The molecule has 0 atom stereocenters. The van der Waals surface area contributed by atoms with Crippen LogP contribution < -0.4 is 10.1 Å². The molecule has 0 unspecified atom stereocenters. The number of aryl methyl sites for hydroxylation is 1. The number of hydrogen-bond acceptors (Lipinski definition) is 4. The summed E-state index contributed by atoms with van der Waals surface area (Å²) in [6.07, 6.45) is 1.68. The quantitative estimate of drug-likeness (QED) is 0.562. The topological polar surface area (TPSA) is 54.7 Å². The highest BCUT2D eigenvalue weighted by atomic mass is 79.9.